The molecule has 0 saturated carbocycles. The number of benzene rings is 1. The second kappa shape index (κ2) is 4.44. The molecular weight excluding hydrogens is 220 g/mol. The molecule has 0 aliphatic rings. The van der Waals surface area contributed by atoms with Gasteiger partial charge in [0.05, 0.1) is 9.95 Å². The number of nitrogens with two attached hydrogens (primary N) is 1. The molecule has 0 saturated heterocycles. The van der Waals surface area contributed by atoms with Crippen molar-refractivity contribution < 1.29 is 9.72 Å². The molecule has 0 aliphatic carbocycles. The number of carbonyl (C=O) groups is 1. The third-order valence-electron chi connectivity index (χ3n) is 1.48. The van der Waals surface area contributed by atoms with Crippen LogP contribution >= 0.6 is 11.6 Å². The number of nitro benzene ring substituents is 1. The Labute approximate surface area is 90.0 Å². The molecule has 1 amide bonds. The first-order chi connectivity index (χ1) is 7.00. The quantitative estimate of drug-likeness (QED) is 0.440. The summed E-state index contributed by atoms with van der Waals surface area (Å²) < 4.78 is 0. The Bertz CT molecular complexity index is 488. The average molecular weight is 225 g/mol. The molecule has 0 radical (unpaired) electrons. The standard InChI is InChI=1S/C9H5ClN2O3/c10-8-5-7(12(14)15)3-1-6(8)2-4-9(11)13/h1,3,5H,(H2,11,13). The molecule has 0 spiro atoms. The van der Waals surface area contributed by atoms with Crippen molar-refractivity contribution in [1.82, 2.24) is 0 Å². The highest BCUT2D eigenvalue weighted by molar-refractivity contribution is 6.32. The second-order valence-corrected chi connectivity index (χ2v) is 2.94. The van der Waals surface area contributed by atoms with Crippen molar-refractivity contribution in [2.45, 2.75) is 0 Å². The fraction of sp³-hybridized carbons (Fsp3) is 0. The van der Waals surface area contributed by atoms with E-state index in [0.717, 1.165) is 6.07 Å². The fourth-order valence-electron chi connectivity index (χ4n) is 0.848. The van der Waals surface area contributed by atoms with Gasteiger partial charge in [0.1, 0.15) is 0 Å². The van der Waals surface area contributed by atoms with Crippen molar-refractivity contribution in [3.8, 4) is 11.8 Å². The zero-order valence-electron chi connectivity index (χ0n) is 7.36. The summed E-state index contributed by atoms with van der Waals surface area (Å²) in [5.41, 5.74) is 4.99. The number of non-ortho nitro benzene ring substituents is 1. The molecule has 1 aromatic rings. The molecule has 0 unspecified atom stereocenters. The monoisotopic (exact) mass is 224 g/mol. The van der Waals surface area contributed by atoms with Crippen molar-refractivity contribution in [2.24, 2.45) is 5.73 Å². The largest absolute Gasteiger partial charge is 0.359 e. The number of rotatable bonds is 1. The highest BCUT2D eigenvalue weighted by atomic mass is 35.5. The Morgan fingerprint density at radius 1 is 1.53 bits per heavy atom. The summed E-state index contributed by atoms with van der Waals surface area (Å²) in [7, 11) is 0. The molecule has 76 valence electrons. The maximum atomic E-state index is 10.4. The second-order valence-electron chi connectivity index (χ2n) is 2.54. The van der Waals surface area contributed by atoms with E-state index in [1.807, 2.05) is 0 Å². The number of hydrogen-bond donors (Lipinski definition) is 1. The molecule has 1 rings (SSSR count). The minimum atomic E-state index is -0.788. The highest BCUT2D eigenvalue weighted by Crippen LogP contribution is 2.21. The van der Waals surface area contributed by atoms with Gasteiger partial charge in [0.25, 0.3) is 11.6 Å². The molecule has 0 heterocycles. The first-order valence-corrected chi connectivity index (χ1v) is 4.14. The molecule has 5 nitrogen and oxygen atoms in total. The first kappa shape index (κ1) is 11.0. The van der Waals surface area contributed by atoms with Gasteiger partial charge in [-0.15, -0.1) is 0 Å². The summed E-state index contributed by atoms with van der Waals surface area (Å²) in [6.45, 7) is 0. The van der Waals surface area contributed by atoms with Gasteiger partial charge in [0.15, 0.2) is 0 Å². The van der Waals surface area contributed by atoms with E-state index < -0.39 is 10.8 Å². The van der Waals surface area contributed by atoms with Gasteiger partial charge in [-0.3, -0.25) is 14.9 Å². The lowest BCUT2D eigenvalue weighted by Gasteiger charge is -1.95. The van der Waals surface area contributed by atoms with Crippen LogP contribution in [0.3, 0.4) is 0 Å². The summed E-state index contributed by atoms with van der Waals surface area (Å²) >= 11 is 5.70. The van der Waals surface area contributed by atoms with Crippen molar-refractivity contribution in [1.29, 1.82) is 0 Å². The summed E-state index contributed by atoms with van der Waals surface area (Å²) in [5.74, 6) is 3.70. The molecule has 0 fully saturated rings. The van der Waals surface area contributed by atoms with Gasteiger partial charge < -0.3 is 5.73 Å². The van der Waals surface area contributed by atoms with Crippen LogP contribution in [0.25, 0.3) is 0 Å². The van der Waals surface area contributed by atoms with Crippen LogP contribution in [0.2, 0.25) is 5.02 Å². The minimum absolute atomic E-state index is 0.109. The molecule has 0 bridgehead atoms. The van der Waals surface area contributed by atoms with Gasteiger partial charge in [0.2, 0.25) is 0 Å². The summed E-state index contributed by atoms with van der Waals surface area (Å²) in [6.07, 6.45) is 0. The van der Waals surface area contributed by atoms with Crippen LogP contribution in [-0.2, 0) is 4.79 Å². The number of amides is 1. The third-order valence-corrected chi connectivity index (χ3v) is 1.80. The molecule has 6 heteroatoms. The van der Waals surface area contributed by atoms with E-state index in [-0.39, 0.29) is 10.7 Å². The maximum absolute atomic E-state index is 10.4. The van der Waals surface area contributed by atoms with Gasteiger partial charge in [-0.25, -0.2) is 0 Å². The smallest absolute Gasteiger partial charge is 0.293 e. The number of hydrogen-bond acceptors (Lipinski definition) is 3. The highest BCUT2D eigenvalue weighted by Gasteiger charge is 2.07. The van der Waals surface area contributed by atoms with Crippen LogP contribution < -0.4 is 5.73 Å². The Hall–Kier alpha value is -2.06. The maximum Gasteiger partial charge on any atom is 0.293 e. The topological polar surface area (TPSA) is 86.2 Å². The van der Waals surface area contributed by atoms with Crippen molar-refractivity contribution in [3.63, 3.8) is 0 Å². The Morgan fingerprint density at radius 2 is 2.20 bits per heavy atom. The first-order valence-electron chi connectivity index (χ1n) is 3.76. The van der Waals surface area contributed by atoms with Crippen LogP contribution in [0.1, 0.15) is 5.56 Å². The summed E-state index contributed by atoms with van der Waals surface area (Å²) in [4.78, 5) is 20.2. The van der Waals surface area contributed by atoms with E-state index in [1.165, 1.54) is 12.1 Å². The molecule has 0 atom stereocenters. The number of halogens is 1. The number of carbonyl (C=O) groups excluding carboxylic acids is 1. The van der Waals surface area contributed by atoms with E-state index in [2.05, 4.69) is 11.8 Å². The predicted octanol–water partition coefficient (Wildman–Crippen LogP) is 1.08. The molecule has 0 aliphatic heterocycles. The molecule has 15 heavy (non-hydrogen) atoms. The van der Waals surface area contributed by atoms with Gasteiger partial charge in [-0.2, -0.15) is 0 Å². The van der Waals surface area contributed by atoms with Crippen molar-refractivity contribution in [2.75, 3.05) is 0 Å². The Morgan fingerprint density at radius 3 is 2.67 bits per heavy atom. The van der Waals surface area contributed by atoms with E-state index in [1.54, 1.807) is 0 Å². The SMILES string of the molecule is NC(=O)C#Cc1ccc([N+](=O)[O-])cc1Cl. The molecule has 1 aromatic carbocycles. The van der Waals surface area contributed by atoms with Crippen molar-refractivity contribution in [3.05, 3.63) is 38.9 Å². The van der Waals surface area contributed by atoms with E-state index >= 15 is 0 Å². The Kier molecular flexibility index (Phi) is 3.26. The molecule has 0 aromatic heterocycles. The number of primary amides is 1. The van der Waals surface area contributed by atoms with Gasteiger partial charge >= 0.3 is 0 Å². The van der Waals surface area contributed by atoms with Gasteiger partial charge in [-0.05, 0) is 6.07 Å². The summed E-state index contributed by atoms with van der Waals surface area (Å²) in [5, 5.41) is 10.5. The Balaban J connectivity index is 3.10. The van der Waals surface area contributed by atoms with Crippen LogP contribution in [0.5, 0.6) is 0 Å². The summed E-state index contributed by atoms with van der Waals surface area (Å²) in [6, 6.07) is 3.76. The van der Waals surface area contributed by atoms with Crippen molar-refractivity contribution >= 4 is 23.2 Å². The third kappa shape index (κ3) is 2.97. The minimum Gasteiger partial charge on any atom is -0.359 e. The lowest BCUT2D eigenvalue weighted by Crippen LogP contribution is -2.06. The normalized spacial score (nSPS) is 8.87. The lowest BCUT2D eigenvalue weighted by molar-refractivity contribution is -0.384. The van der Waals surface area contributed by atoms with Crippen LogP contribution in [0.4, 0.5) is 5.69 Å². The number of nitro groups is 1. The molecular formula is C9H5ClN2O3. The zero-order valence-corrected chi connectivity index (χ0v) is 8.12. The average Bonchev–Trinajstić information content (AvgIpc) is 2.15. The van der Waals surface area contributed by atoms with Crippen LogP contribution in [0.15, 0.2) is 18.2 Å². The molecule has 2 N–H and O–H groups in total. The van der Waals surface area contributed by atoms with Crippen LogP contribution in [-0.4, -0.2) is 10.8 Å². The van der Waals surface area contributed by atoms with Gasteiger partial charge in [-0.1, -0.05) is 17.5 Å². The fourth-order valence-corrected chi connectivity index (χ4v) is 1.07. The number of nitrogens with zero attached hydrogens (tertiary/aromatic N) is 1. The van der Waals surface area contributed by atoms with E-state index in [0.29, 0.717) is 5.56 Å². The van der Waals surface area contributed by atoms with Crippen LogP contribution in [0, 0.1) is 22.0 Å². The van der Waals surface area contributed by atoms with Gasteiger partial charge in [0, 0.05) is 23.6 Å². The lowest BCUT2D eigenvalue weighted by atomic mass is 10.2. The predicted molar refractivity (Wildman–Crippen MR) is 54.2 cm³/mol. The van der Waals surface area contributed by atoms with E-state index in [4.69, 9.17) is 17.3 Å². The zero-order chi connectivity index (χ0) is 11.4. The van der Waals surface area contributed by atoms with E-state index in [9.17, 15) is 14.9 Å².